The van der Waals surface area contributed by atoms with E-state index in [-0.39, 0.29) is 5.69 Å². The minimum absolute atomic E-state index is 0.0976. The fourth-order valence-corrected chi connectivity index (χ4v) is 1.71. The van der Waals surface area contributed by atoms with Crippen molar-refractivity contribution >= 4 is 39.5 Å². The second-order valence-electron chi connectivity index (χ2n) is 2.47. The smallest absolute Gasteiger partial charge is 0.258 e. The lowest BCUT2D eigenvalue weighted by Crippen LogP contribution is -1.88. The van der Waals surface area contributed by atoms with Gasteiger partial charge < -0.3 is 0 Å². The summed E-state index contributed by atoms with van der Waals surface area (Å²) in [6.45, 7) is 0. The SMILES string of the molecule is O=[N+]([O-])c1cccc2c1cnn2I. The second kappa shape index (κ2) is 2.95. The van der Waals surface area contributed by atoms with E-state index >= 15 is 0 Å². The second-order valence-corrected chi connectivity index (χ2v) is 3.39. The van der Waals surface area contributed by atoms with Crippen LogP contribution in [0.4, 0.5) is 5.69 Å². The molecule has 1 aromatic heterocycles. The fourth-order valence-electron chi connectivity index (χ4n) is 1.16. The van der Waals surface area contributed by atoms with Crippen LogP contribution in [0.25, 0.3) is 10.9 Å². The predicted molar refractivity (Wildman–Crippen MR) is 55.8 cm³/mol. The van der Waals surface area contributed by atoms with E-state index in [4.69, 9.17) is 0 Å². The van der Waals surface area contributed by atoms with Crippen molar-refractivity contribution in [2.24, 2.45) is 0 Å². The number of nitrogens with zero attached hydrogens (tertiary/aromatic N) is 3. The van der Waals surface area contributed by atoms with Crippen LogP contribution in [0, 0.1) is 10.1 Å². The molecular formula is C7H4IN3O2. The average Bonchev–Trinajstić information content (AvgIpc) is 2.48. The highest BCUT2D eigenvalue weighted by Crippen LogP contribution is 2.25. The summed E-state index contributed by atoms with van der Waals surface area (Å²) in [6, 6.07) is 4.92. The number of aromatic nitrogens is 2. The number of nitro benzene ring substituents is 1. The molecule has 0 bridgehead atoms. The summed E-state index contributed by atoms with van der Waals surface area (Å²) in [7, 11) is 0. The van der Waals surface area contributed by atoms with E-state index in [1.54, 1.807) is 15.0 Å². The van der Waals surface area contributed by atoms with Crippen molar-refractivity contribution in [1.82, 2.24) is 7.99 Å². The third-order valence-corrected chi connectivity index (χ3v) is 2.51. The van der Waals surface area contributed by atoms with Crippen molar-refractivity contribution in [3.8, 4) is 0 Å². The van der Waals surface area contributed by atoms with E-state index in [1.807, 2.05) is 22.9 Å². The minimum Gasteiger partial charge on any atom is -0.258 e. The van der Waals surface area contributed by atoms with Crippen LogP contribution in [-0.2, 0) is 0 Å². The third kappa shape index (κ3) is 1.26. The Kier molecular flexibility index (Phi) is 1.91. The standard InChI is InChI=1S/C7H4IN3O2/c8-10-6-2-1-3-7(11(12)13)5(6)4-9-10/h1-4H. The molecule has 0 amide bonds. The molecule has 5 nitrogen and oxygen atoms in total. The lowest BCUT2D eigenvalue weighted by atomic mass is 10.2. The molecule has 0 unspecified atom stereocenters. The lowest BCUT2D eigenvalue weighted by Gasteiger charge is -1.92. The van der Waals surface area contributed by atoms with Gasteiger partial charge in [-0.3, -0.25) is 10.1 Å². The van der Waals surface area contributed by atoms with E-state index in [0.29, 0.717) is 5.39 Å². The molecular weight excluding hydrogens is 285 g/mol. The quantitative estimate of drug-likeness (QED) is 0.459. The zero-order chi connectivity index (χ0) is 9.42. The Morgan fingerprint density at radius 3 is 3.00 bits per heavy atom. The van der Waals surface area contributed by atoms with E-state index in [9.17, 15) is 10.1 Å². The zero-order valence-corrected chi connectivity index (χ0v) is 8.50. The Labute approximate surface area is 87.0 Å². The van der Waals surface area contributed by atoms with Gasteiger partial charge >= 0.3 is 0 Å². The van der Waals surface area contributed by atoms with Gasteiger partial charge in [0.1, 0.15) is 0 Å². The maximum atomic E-state index is 10.6. The molecule has 1 heterocycles. The molecule has 0 radical (unpaired) electrons. The molecule has 1 aromatic carbocycles. The van der Waals surface area contributed by atoms with Gasteiger partial charge in [0.2, 0.25) is 0 Å². The molecule has 2 rings (SSSR count). The molecule has 2 aromatic rings. The van der Waals surface area contributed by atoms with Gasteiger partial charge in [0.05, 0.1) is 44.9 Å². The maximum absolute atomic E-state index is 10.6. The Balaban J connectivity index is 2.84. The highest BCUT2D eigenvalue weighted by Gasteiger charge is 2.13. The maximum Gasteiger partial charge on any atom is 0.280 e. The van der Waals surface area contributed by atoms with Gasteiger partial charge in [0.25, 0.3) is 5.69 Å². The van der Waals surface area contributed by atoms with Gasteiger partial charge in [-0.05, 0) is 6.07 Å². The summed E-state index contributed by atoms with van der Waals surface area (Å²) in [5.74, 6) is 0. The molecule has 66 valence electrons. The van der Waals surface area contributed by atoms with Gasteiger partial charge in [0.15, 0.2) is 0 Å². The molecule has 0 fully saturated rings. The lowest BCUT2D eigenvalue weighted by molar-refractivity contribution is -0.383. The monoisotopic (exact) mass is 289 g/mol. The van der Waals surface area contributed by atoms with Crippen molar-refractivity contribution in [3.63, 3.8) is 0 Å². The molecule has 0 N–H and O–H groups in total. The number of nitro groups is 1. The van der Waals surface area contributed by atoms with Gasteiger partial charge in [-0.2, -0.15) is 5.10 Å². The molecule has 0 atom stereocenters. The molecule has 0 aliphatic carbocycles. The first-order valence-electron chi connectivity index (χ1n) is 3.47. The van der Waals surface area contributed by atoms with Crippen LogP contribution < -0.4 is 0 Å². The summed E-state index contributed by atoms with van der Waals surface area (Å²) in [6.07, 6.45) is 1.50. The topological polar surface area (TPSA) is 61.0 Å². The summed E-state index contributed by atoms with van der Waals surface area (Å²) in [4.78, 5) is 10.2. The van der Waals surface area contributed by atoms with E-state index in [2.05, 4.69) is 5.10 Å². The number of non-ortho nitro benzene ring substituents is 1. The first-order chi connectivity index (χ1) is 6.20. The number of hydrogen-bond donors (Lipinski definition) is 0. The van der Waals surface area contributed by atoms with Crippen LogP contribution in [0.2, 0.25) is 0 Å². The Bertz CT molecular complexity index is 480. The van der Waals surface area contributed by atoms with E-state index in [0.717, 1.165) is 5.52 Å². The molecule has 0 aliphatic rings. The van der Waals surface area contributed by atoms with Gasteiger partial charge in [-0.25, -0.2) is 2.90 Å². The van der Waals surface area contributed by atoms with E-state index < -0.39 is 4.92 Å². The van der Waals surface area contributed by atoms with Crippen LogP contribution in [-0.4, -0.2) is 12.9 Å². The highest BCUT2D eigenvalue weighted by atomic mass is 127. The molecule has 0 spiro atoms. The number of fused-ring (bicyclic) bond motifs is 1. The molecule has 13 heavy (non-hydrogen) atoms. The normalized spacial score (nSPS) is 10.5. The number of halogens is 1. The van der Waals surface area contributed by atoms with Crippen molar-refractivity contribution in [2.45, 2.75) is 0 Å². The number of rotatable bonds is 1. The molecule has 0 saturated carbocycles. The molecule has 6 heteroatoms. The first-order valence-corrected chi connectivity index (χ1v) is 4.44. The van der Waals surface area contributed by atoms with Crippen LogP contribution in [0.15, 0.2) is 24.4 Å². The molecule has 0 aliphatic heterocycles. The van der Waals surface area contributed by atoms with Gasteiger partial charge in [-0.15, -0.1) is 0 Å². The average molecular weight is 289 g/mol. The van der Waals surface area contributed by atoms with Crippen molar-refractivity contribution in [2.75, 3.05) is 0 Å². The minimum atomic E-state index is -0.402. The number of benzene rings is 1. The summed E-state index contributed by atoms with van der Waals surface area (Å²) >= 11 is 1.98. The summed E-state index contributed by atoms with van der Waals surface area (Å²) < 4.78 is 1.58. The number of hydrogen-bond acceptors (Lipinski definition) is 3. The van der Waals surface area contributed by atoms with Gasteiger partial charge in [0, 0.05) is 6.07 Å². The Hall–Kier alpha value is -1.18. The predicted octanol–water partition coefficient (Wildman–Crippen LogP) is 2.14. The molecule has 0 saturated heterocycles. The van der Waals surface area contributed by atoms with Crippen LogP contribution >= 0.6 is 22.9 Å². The third-order valence-electron chi connectivity index (χ3n) is 1.74. The van der Waals surface area contributed by atoms with Gasteiger partial charge in [-0.1, -0.05) is 6.07 Å². The summed E-state index contributed by atoms with van der Waals surface area (Å²) in [5, 5.41) is 15.1. The first kappa shape index (κ1) is 8.42. The Morgan fingerprint density at radius 1 is 1.54 bits per heavy atom. The van der Waals surface area contributed by atoms with Crippen LogP contribution in [0.1, 0.15) is 0 Å². The van der Waals surface area contributed by atoms with Crippen molar-refractivity contribution in [3.05, 3.63) is 34.5 Å². The van der Waals surface area contributed by atoms with Crippen LogP contribution in [0.3, 0.4) is 0 Å². The van der Waals surface area contributed by atoms with Crippen molar-refractivity contribution in [1.29, 1.82) is 0 Å². The zero-order valence-electron chi connectivity index (χ0n) is 6.35. The highest BCUT2D eigenvalue weighted by molar-refractivity contribution is 14.1. The summed E-state index contributed by atoms with van der Waals surface area (Å²) in [5.41, 5.74) is 0.857. The van der Waals surface area contributed by atoms with E-state index in [1.165, 1.54) is 12.3 Å². The largest absolute Gasteiger partial charge is 0.280 e. The van der Waals surface area contributed by atoms with Crippen molar-refractivity contribution < 1.29 is 4.92 Å². The Morgan fingerprint density at radius 2 is 2.31 bits per heavy atom. The fraction of sp³-hybridized carbons (Fsp3) is 0. The van der Waals surface area contributed by atoms with Crippen LogP contribution in [0.5, 0.6) is 0 Å².